The standard InChI is InChI=1S/C21H23N7O7S2/c1-22-7-10-4-11(29)3-2-9(10)5-14(30)23-16-18(33)28-17(20(34)35)12(8-36-19(16)28)13(6-15(31)32)37-21-24-26-27-25-21/h2-4,13,16,19,22,29H,5-8H2,1H3,(H,23,30)(H,31,32)(H,34,35)(H,24,25,26,27)/t13?,16?,19-/m0/s1. The van der Waals surface area contributed by atoms with Gasteiger partial charge in [0.25, 0.3) is 5.91 Å². The van der Waals surface area contributed by atoms with Crippen molar-refractivity contribution in [2.45, 2.75) is 41.2 Å². The molecular weight excluding hydrogens is 526 g/mol. The lowest BCUT2D eigenvalue weighted by atomic mass is 9.99. The maximum atomic E-state index is 13.0. The second-order valence-electron chi connectivity index (χ2n) is 8.20. The summed E-state index contributed by atoms with van der Waals surface area (Å²) >= 11 is 2.20. The van der Waals surface area contributed by atoms with Crippen LogP contribution in [0.25, 0.3) is 0 Å². The Morgan fingerprint density at radius 2 is 2.08 bits per heavy atom. The first-order valence-electron chi connectivity index (χ1n) is 11.0. The summed E-state index contributed by atoms with van der Waals surface area (Å²) in [5.41, 5.74) is 1.38. The van der Waals surface area contributed by atoms with Gasteiger partial charge in [-0.15, -0.1) is 16.9 Å². The molecule has 1 aromatic heterocycles. The molecule has 2 amide bonds. The number of phenolic OH excluding ortho intramolecular Hbond substituents is 1. The Balaban J connectivity index is 1.51. The molecule has 2 unspecified atom stereocenters. The van der Waals surface area contributed by atoms with Crippen molar-refractivity contribution in [2.75, 3.05) is 12.8 Å². The van der Waals surface area contributed by atoms with Gasteiger partial charge in [0.2, 0.25) is 11.1 Å². The van der Waals surface area contributed by atoms with Gasteiger partial charge in [0.15, 0.2) is 0 Å². The van der Waals surface area contributed by atoms with Gasteiger partial charge in [-0.25, -0.2) is 9.89 Å². The summed E-state index contributed by atoms with van der Waals surface area (Å²) < 4.78 is 0. The average molecular weight is 550 g/mol. The molecule has 6 N–H and O–H groups in total. The Morgan fingerprint density at radius 1 is 1.30 bits per heavy atom. The molecule has 0 aliphatic carbocycles. The van der Waals surface area contributed by atoms with Crippen molar-refractivity contribution >= 4 is 47.3 Å². The SMILES string of the molecule is CNCc1cc(O)ccc1CC(=O)NC1C(=O)N2C(C(=O)O)=C(C(CC(=O)O)Sc3nnn[nH]3)CS[C@@H]12. The summed E-state index contributed by atoms with van der Waals surface area (Å²) in [7, 11) is 1.74. The summed E-state index contributed by atoms with van der Waals surface area (Å²) in [5.74, 6) is -3.33. The Labute approximate surface area is 218 Å². The second-order valence-corrected chi connectivity index (χ2v) is 10.5. The molecule has 0 spiro atoms. The lowest BCUT2D eigenvalue weighted by molar-refractivity contribution is -0.150. The molecule has 3 atom stereocenters. The van der Waals surface area contributed by atoms with Crippen molar-refractivity contribution in [3.63, 3.8) is 0 Å². The summed E-state index contributed by atoms with van der Waals surface area (Å²) in [5, 5.41) is 46.6. The molecule has 2 aliphatic heterocycles. The minimum absolute atomic E-state index is 0.0338. The van der Waals surface area contributed by atoms with Gasteiger partial charge in [0.1, 0.15) is 22.9 Å². The number of aromatic hydroxyl groups is 1. The van der Waals surface area contributed by atoms with E-state index >= 15 is 0 Å². The van der Waals surface area contributed by atoms with Gasteiger partial charge < -0.3 is 26.0 Å². The maximum absolute atomic E-state index is 13.0. The van der Waals surface area contributed by atoms with Crippen molar-refractivity contribution in [1.82, 2.24) is 36.2 Å². The molecular formula is C21H23N7O7S2. The minimum Gasteiger partial charge on any atom is -0.508 e. The summed E-state index contributed by atoms with van der Waals surface area (Å²) in [6.45, 7) is 0.431. The highest BCUT2D eigenvalue weighted by Crippen LogP contribution is 2.44. The number of carbonyl (C=O) groups excluding carboxylic acids is 2. The molecule has 0 saturated carbocycles. The van der Waals surface area contributed by atoms with Gasteiger partial charge in [0, 0.05) is 17.5 Å². The van der Waals surface area contributed by atoms with Crippen LogP contribution in [0.4, 0.5) is 0 Å². The van der Waals surface area contributed by atoms with E-state index in [4.69, 9.17) is 0 Å². The number of tetrazole rings is 1. The Kier molecular flexibility index (Phi) is 7.99. The van der Waals surface area contributed by atoms with E-state index in [9.17, 15) is 34.5 Å². The number of β-lactam (4-membered cyclic amide) rings is 1. The number of aromatic nitrogens is 4. The first-order chi connectivity index (χ1) is 17.7. The highest BCUT2D eigenvalue weighted by Gasteiger charge is 2.55. The third kappa shape index (κ3) is 5.70. The predicted molar refractivity (Wildman–Crippen MR) is 130 cm³/mol. The zero-order valence-electron chi connectivity index (χ0n) is 19.4. The number of phenols is 1. The van der Waals surface area contributed by atoms with E-state index in [2.05, 4.69) is 31.3 Å². The molecule has 0 radical (unpaired) electrons. The fraction of sp³-hybridized carbons (Fsp3) is 0.381. The van der Waals surface area contributed by atoms with Crippen LogP contribution in [-0.2, 0) is 32.1 Å². The number of aliphatic carboxylic acids is 2. The first-order valence-corrected chi connectivity index (χ1v) is 12.9. The fourth-order valence-corrected chi connectivity index (χ4v) is 6.70. The number of rotatable bonds is 11. The largest absolute Gasteiger partial charge is 0.508 e. The molecule has 4 rings (SSSR count). The lowest BCUT2D eigenvalue weighted by Gasteiger charge is -2.50. The minimum atomic E-state index is -1.37. The molecule has 0 bridgehead atoms. The molecule has 16 heteroatoms. The van der Waals surface area contributed by atoms with Gasteiger partial charge in [0.05, 0.1) is 12.8 Å². The number of H-pyrrole nitrogens is 1. The molecule has 14 nitrogen and oxygen atoms in total. The Hall–Kier alpha value is -3.63. The van der Waals surface area contributed by atoms with E-state index in [1.165, 1.54) is 17.8 Å². The van der Waals surface area contributed by atoms with Crippen LogP contribution in [0.5, 0.6) is 5.75 Å². The number of carboxylic acid groups (broad SMARTS) is 2. The topological polar surface area (TPSA) is 211 Å². The Morgan fingerprint density at radius 3 is 2.73 bits per heavy atom. The van der Waals surface area contributed by atoms with Gasteiger partial charge >= 0.3 is 11.9 Å². The van der Waals surface area contributed by atoms with Crippen LogP contribution >= 0.6 is 23.5 Å². The number of carbonyl (C=O) groups is 4. The number of nitrogens with zero attached hydrogens (tertiary/aromatic N) is 4. The number of amides is 2. The van der Waals surface area contributed by atoms with Crippen LogP contribution in [0.1, 0.15) is 17.5 Å². The van der Waals surface area contributed by atoms with Crippen LogP contribution in [-0.4, -0.2) is 94.1 Å². The van der Waals surface area contributed by atoms with Gasteiger partial charge in [-0.05, 0) is 46.3 Å². The summed E-state index contributed by atoms with van der Waals surface area (Å²) in [6, 6.07) is 3.73. The molecule has 1 aromatic carbocycles. The molecule has 2 aliphatic rings. The van der Waals surface area contributed by atoms with Crippen molar-refractivity contribution in [3.8, 4) is 5.75 Å². The van der Waals surface area contributed by atoms with Crippen molar-refractivity contribution in [1.29, 1.82) is 0 Å². The van der Waals surface area contributed by atoms with Gasteiger partial charge in [-0.1, -0.05) is 17.8 Å². The van der Waals surface area contributed by atoms with Crippen LogP contribution in [0.3, 0.4) is 0 Å². The first kappa shape index (κ1) is 26.4. The molecule has 196 valence electrons. The van der Waals surface area contributed by atoms with Crippen molar-refractivity contribution in [2.24, 2.45) is 0 Å². The number of thioether (sulfide) groups is 2. The number of aromatic amines is 1. The quantitative estimate of drug-likeness (QED) is 0.155. The lowest BCUT2D eigenvalue weighted by Crippen LogP contribution is -2.70. The predicted octanol–water partition coefficient (Wildman–Crippen LogP) is -0.459. The zero-order chi connectivity index (χ0) is 26.7. The number of hydrogen-bond donors (Lipinski definition) is 6. The summed E-state index contributed by atoms with van der Waals surface area (Å²) in [6.07, 6.45) is -0.444. The molecule has 3 heterocycles. The smallest absolute Gasteiger partial charge is 0.352 e. The molecule has 37 heavy (non-hydrogen) atoms. The van der Waals surface area contributed by atoms with Crippen molar-refractivity contribution in [3.05, 3.63) is 40.6 Å². The van der Waals surface area contributed by atoms with Crippen molar-refractivity contribution < 1.29 is 34.5 Å². The summed E-state index contributed by atoms with van der Waals surface area (Å²) in [4.78, 5) is 50.6. The second kappa shape index (κ2) is 11.2. The number of nitrogens with one attached hydrogen (secondary N) is 3. The number of hydrogen-bond acceptors (Lipinski definition) is 11. The monoisotopic (exact) mass is 549 g/mol. The third-order valence-electron chi connectivity index (χ3n) is 5.75. The van der Waals surface area contributed by atoms with Crippen LogP contribution < -0.4 is 10.6 Å². The average Bonchev–Trinajstić information content (AvgIpc) is 3.36. The van der Waals surface area contributed by atoms with Crippen LogP contribution in [0.2, 0.25) is 0 Å². The Bertz CT molecular complexity index is 1250. The van der Waals surface area contributed by atoms with Crippen LogP contribution in [0, 0.1) is 0 Å². The van der Waals surface area contributed by atoms with E-state index in [1.54, 1.807) is 19.2 Å². The van der Waals surface area contributed by atoms with Gasteiger partial charge in [-0.3, -0.25) is 19.3 Å². The van der Waals surface area contributed by atoms with Crippen LogP contribution in [0.15, 0.2) is 34.6 Å². The van der Waals surface area contributed by atoms with E-state index in [-0.39, 0.29) is 34.3 Å². The number of benzene rings is 1. The number of fused-ring (bicyclic) bond motifs is 1. The van der Waals surface area contributed by atoms with E-state index in [0.717, 1.165) is 22.2 Å². The molecule has 1 saturated heterocycles. The molecule has 2 aromatic rings. The normalized spacial score (nSPS) is 19.7. The number of carboxylic acids is 2. The van der Waals surface area contributed by atoms with E-state index < -0.39 is 46.8 Å². The van der Waals surface area contributed by atoms with E-state index in [1.807, 2.05) is 0 Å². The highest BCUT2D eigenvalue weighted by atomic mass is 32.2. The maximum Gasteiger partial charge on any atom is 0.352 e. The van der Waals surface area contributed by atoms with E-state index in [0.29, 0.717) is 12.1 Å². The highest BCUT2D eigenvalue weighted by molar-refractivity contribution is 8.01. The third-order valence-corrected chi connectivity index (χ3v) is 8.19. The molecule has 1 fully saturated rings. The fourth-order valence-electron chi connectivity index (χ4n) is 4.16. The zero-order valence-corrected chi connectivity index (χ0v) is 21.0. The van der Waals surface area contributed by atoms with Gasteiger partial charge in [-0.2, -0.15) is 0 Å².